The molecule has 0 aromatic heterocycles. The first-order chi connectivity index (χ1) is 15.4. The highest BCUT2D eigenvalue weighted by Crippen LogP contribution is 2.29. The summed E-state index contributed by atoms with van der Waals surface area (Å²) in [6.07, 6.45) is 1.11. The molecule has 0 unspecified atom stereocenters. The zero-order chi connectivity index (χ0) is 24.4. The lowest BCUT2D eigenvalue weighted by Crippen LogP contribution is -2.34. The molecule has 0 amide bonds. The van der Waals surface area contributed by atoms with Crippen LogP contribution in [-0.4, -0.2) is 33.9 Å². The van der Waals surface area contributed by atoms with Gasteiger partial charge in [-0.15, -0.1) is 0 Å². The van der Waals surface area contributed by atoms with Gasteiger partial charge in [-0.1, -0.05) is 61.8 Å². The molecular formula is C24H25ClFNO4S2. The van der Waals surface area contributed by atoms with Crippen molar-refractivity contribution >= 4 is 31.5 Å². The fourth-order valence-electron chi connectivity index (χ4n) is 3.40. The van der Waals surface area contributed by atoms with Crippen molar-refractivity contribution in [3.05, 3.63) is 83.1 Å². The van der Waals surface area contributed by atoms with Crippen molar-refractivity contribution in [3.8, 4) is 11.1 Å². The maximum atomic E-state index is 15.1. The van der Waals surface area contributed by atoms with Crippen LogP contribution in [0.4, 0.5) is 4.39 Å². The summed E-state index contributed by atoms with van der Waals surface area (Å²) in [6.45, 7) is 3.78. The quantitative estimate of drug-likeness (QED) is 0.408. The first kappa shape index (κ1) is 25.4. The molecule has 176 valence electrons. The Morgan fingerprint density at radius 1 is 0.909 bits per heavy atom. The molecule has 3 aromatic rings. The van der Waals surface area contributed by atoms with Crippen molar-refractivity contribution in [1.82, 2.24) is 4.31 Å². The van der Waals surface area contributed by atoms with Crippen LogP contribution in [0.3, 0.4) is 0 Å². The topological polar surface area (TPSA) is 71.5 Å². The number of rotatable bonds is 8. The molecule has 0 saturated heterocycles. The van der Waals surface area contributed by atoms with E-state index in [4.69, 9.17) is 11.6 Å². The summed E-state index contributed by atoms with van der Waals surface area (Å²) in [5.41, 5.74) is 1.24. The maximum Gasteiger partial charge on any atom is 0.244 e. The van der Waals surface area contributed by atoms with E-state index >= 15 is 4.39 Å². The number of halogens is 2. The molecule has 0 fully saturated rings. The van der Waals surface area contributed by atoms with Gasteiger partial charge in [0.05, 0.1) is 9.92 Å². The Labute approximate surface area is 199 Å². The SMILES string of the molecule is CC(C)CN(Cc1ccc(-c2cccc(S(C)(=O)=O)c2)cc1F)S(=O)(=O)c1ccccc1Cl. The number of nitrogens with zero attached hydrogens (tertiary/aromatic N) is 1. The number of benzene rings is 3. The molecule has 0 bridgehead atoms. The third-order valence-corrected chi connectivity index (χ3v) is 8.44. The molecule has 3 aromatic carbocycles. The van der Waals surface area contributed by atoms with Crippen LogP contribution in [0.2, 0.25) is 5.02 Å². The van der Waals surface area contributed by atoms with E-state index in [1.165, 1.54) is 40.7 Å². The lowest BCUT2D eigenvalue weighted by Gasteiger charge is -2.25. The molecule has 0 heterocycles. The average molecular weight is 510 g/mol. The van der Waals surface area contributed by atoms with Crippen molar-refractivity contribution in [2.75, 3.05) is 12.8 Å². The molecule has 0 saturated carbocycles. The van der Waals surface area contributed by atoms with E-state index in [2.05, 4.69) is 0 Å². The molecule has 5 nitrogen and oxygen atoms in total. The van der Waals surface area contributed by atoms with Crippen LogP contribution in [0.1, 0.15) is 19.4 Å². The summed E-state index contributed by atoms with van der Waals surface area (Å²) >= 11 is 6.13. The van der Waals surface area contributed by atoms with E-state index in [1.807, 2.05) is 13.8 Å². The number of hydrogen-bond acceptors (Lipinski definition) is 4. The number of hydrogen-bond donors (Lipinski definition) is 0. The molecule has 0 aliphatic carbocycles. The van der Waals surface area contributed by atoms with Gasteiger partial charge in [-0.25, -0.2) is 21.2 Å². The second-order valence-electron chi connectivity index (χ2n) is 8.23. The second-order valence-corrected chi connectivity index (χ2v) is 12.6. The van der Waals surface area contributed by atoms with E-state index in [9.17, 15) is 16.8 Å². The van der Waals surface area contributed by atoms with Gasteiger partial charge in [-0.2, -0.15) is 4.31 Å². The Bertz CT molecular complexity index is 1370. The Hall–Kier alpha value is -2.26. The fraction of sp³-hybridized carbons (Fsp3) is 0.250. The highest BCUT2D eigenvalue weighted by Gasteiger charge is 2.28. The van der Waals surface area contributed by atoms with Gasteiger partial charge in [-0.05, 0) is 47.4 Å². The monoisotopic (exact) mass is 509 g/mol. The van der Waals surface area contributed by atoms with Gasteiger partial charge in [0, 0.05) is 24.9 Å². The van der Waals surface area contributed by atoms with Crippen molar-refractivity contribution in [2.45, 2.75) is 30.2 Å². The van der Waals surface area contributed by atoms with Gasteiger partial charge < -0.3 is 0 Å². The average Bonchev–Trinajstić information content (AvgIpc) is 2.74. The third kappa shape index (κ3) is 6.00. The zero-order valence-electron chi connectivity index (χ0n) is 18.5. The Morgan fingerprint density at radius 2 is 1.58 bits per heavy atom. The Morgan fingerprint density at radius 3 is 2.18 bits per heavy atom. The molecule has 0 N–H and O–H groups in total. The summed E-state index contributed by atoms with van der Waals surface area (Å²) in [6, 6.07) is 16.9. The summed E-state index contributed by atoms with van der Waals surface area (Å²) in [5, 5.41) is 0.104. The molecule has 3 rings (SSSR count). The minimum Gasteiger partial charge on any atom is -0.224 e. The molecule has 33 heavy (non-hydrogen) atoms. The first-order valence-electron chi connectivity index (χ1n) is 10.2. The molecule has 0 atom stereocenters. The summed E-state index contributed by atoms with van der Waals surface area (Å²) < 4.78 is 66.5. The van der Waals surface area contributed by atoms with Gasteiger partial charge in [0.15, 0.2) is 9.84 Å². The minimum atomic E-state index is -3.96. The predicted octanol–water partition coefficient (Wildman–Crippen LogP) is 5.40. The van der Waals surface area contributed by atoms with E-state index in [-0.39, 0.29) is 39.4 Å². The molecule has 0 radical (unpaired) electrons. The number of sulfone groups is 1. The molecule has 0 aliphatic rings. The van der Waals surface area contributed by atoms with Crippen LogP contribution < -0.4 is 0 Å². The fourth-order valence-corrected chi connectivity index (χ4v) is 6.14. The van der Waals surface area contributed by atoms with Crippen LogP contribution in [0.15, 0.2) is 76.5 Å². The first-order valence-corrected chi connectivity index (χ1v) is 13.9. The van der Waals surface area contributed by atoms with Gasteiger partial charge in [-0.3, -0.25) is 0 Å². The van der Waals surface area contributed by atoms with Crippen LogP contribution in [0, 0.1) is 11.7 Å². The zero-order valence-corrected chi connectivity index (χ0v) is 20.9. The highest BCUT2D eigenvalue weighted by molar-refractivity contribution is 7.90. The van der Waals surface area contributed by atoms with Crippen LogP contribution in [0.5, 0.6) is 0 Å². The van der Waals surface area contributed by atoms with Crippen molar-refractivity contribution < 1.29 is 21.2 Å². The van der Waals surface area contributed by atoms with Crippen molar-refractivity contribution in [1.29, 1.82) is 0 Å². The van der Waals surface area contributed by atoms with Gasteiger partial charge in [0.1, 0.15) is 10.7 Å². The summed E-state index contributed by atoms with van der Waals surface area (Å²) in [4.78, 5) is 0.111. The van der Waals surface area contributed by atoms with Crippen LogP contribution >= 0.6 is 11.6 Å². The second kappa shape index (κ2) is 9.93. The van der Waals surface area contributed by atoms with Crippen molar-refractivity contribution in [2.24, 2.45) is 5.92 Å². The number of sulfonamides is 1. The highest BCUT2D eigenvalue weighted by atomic mass is 35.5. The summed E-state index contributed by atoms with van der Waals surface area (Å²) in [5.74, 6) is -0.580. The normalized spacial score (nSPS) is 12.5. The third-order valence-electron chi connectivity index (χ3n) is 5.02. The van der Waals surface area contributed by atoms with Gasteiger partial charge in [0.25, 0.3) is 0 Å². The smallest absolute Gasteiger partial charge is 0.224 e. The molecular weight excluding hydrogens is 485 g/mol. The van der Waals surface area contributed by atoms with E-state index in [1.54, 1.807) is 30.3 Å². The molecule has 9 heteroatoms. The van der Waals surface area contributed by atoms with Gasteiger partial charge >= 0.3 is 0 Å². The largest absolute Gasteiger partial charge is 0.244 e. The lowest BCUT2D eigenvalue weighted by atomic mass is 10.0. The predicted molar refractivity (Wildman–Crippen MR) is 129 cm³/mol. The minimum absolute atomic E-state index is 0.00308. The standard InChI is InChI=1S/C24H25ClFNO4S2/c1-17(2)15-27(33(30,31)24-10-5-4-9-22(24)25)16-20-12-11-19(14-23(20)26)18-7-6-8-21(13-18)32(3,28)29/h4-14,17H,15-16H2,1-3H3. The van der Waals surface area contributed by atoms with Gasteiger partial charge in [0.2, 0.25) is 10.0 Å². The van der Waals surface area contributed by atoms with E-state index in [0.717, 1.165) is 6.26 Å². The van der Waals surface area contributed by atoms with Crippen LogP contribution in [0.25, 0.3) is 11.1 Å². The van der Waals surface area contributed by atoms with E-state index < -0.39 is 25.7 Å². The molecule has 0 spiro atoms. The van der Waals surface area contributed by atoms with Crippen LogP contribution in [-0.2, 0) is 26.4 Å². The maximum absolute atomic E-state index is 15.1. The lowest BCUT2D eigenvalue weighted by molar-refractivity contribution is 0.357. The van der Waals surface area contributed by atoms with Crippen molar-refractivity contribution in [3.63, 3.8) is 0 Å². The van der Waals surface area contributed by atoms with E-state index in [0.29, 0.717) is 11.1 Å². The Balaban J connectivity index is 1.96. The summed E-state index contributed by atoms with van der Waals surface area (Å²) in [7, 11) is -7.36. The molecule has 0 aliphatic heterocycles. The Kier molecular flexibility index (Phi) is 7.63.